The van der Waals surface area contributed by atoms with Gasteiger partial charge in [-0.15, -0.1) is 0 Å². The van der Waals surface area contributed by atoms with E-state index >= 15 is 0 Å². The van der Waals surface area contributed by atoms with E-state index in [0.717, 1.165) is 0 Å². The predicted molar refractivity (Wildman–Crippen MR) is 49.4 cm³/mol. The van der Waals surface area contributed by atoms with Crippen LogP contribution in [0.5, 0.6) is 0 Å². The lowest BCUT2D eigenvalue weighted by atomic mass is 10.4. The fourth-order valence-corrected chi connectivity index (χ4v) is 0.901. The highest BCUT2D eigenvalue weighted by atomic mass is 79.9. The zero-order valence-electron chi connectivity index (χ0n) is 7.16. The molecule has 0 saturated heterocycles. The predicted octanol–water partition coefficient (Wildman–Crippen LogP) is 0.512. The minimum Gasteiger partial charge on any atom is -0.355 e. The lowest BCUT2D eigenvalue weighted by Crippen LogP contribution is -2.31. The van der Waals surface area contributed by atoms with Gasteiger partial charge in [0, 0.05) is 13.0 Å². The van der Waals surface area contributed by atoms with E-state index in [0.29, 0.717) is 18.9 Å². The quantitative estimate of drug-likeness (QED) is 0.788. The molecule has 0 aliphatic heterocycles. The molecular weight excluding hydrogens is 238 g/mol. The molecular formula is C7H10BrN3O2. The second kappa shape index (κ2) is 4.96. The average Bonchev–Trinajstić information content (AvgIpc) is 2.56. The van der Waals surface area contributed by atoms with E-state index in [1.54, 1.807) is 6.92 Å². The minimum absolute atomic E-state index is 0.0421. The maximum absolute atomic E-state index is 11.0. The summed E-state index contributed by atoms with van der Waals surface area (Å²) in [5.41, 5.74) is 0. The van der Waals surface area contributed by atoms with Crippen LogP contribution in [-0.4, -0.2) is 27.4 Å². The Kier molecular flexibility index (Phi) is 3.88. The molecule has 1 rings (SSSR count). The van der Waals surface area contributed by atoms with Crippen LogP contribution in [0.2, 0.25) is 0 Å². The molecule has 0 saturated carbocycles. The van der Waals surface area contributed by atoms with Gasteiger partial charge in [-0.1, -0.05) is 21.1 Å². The van der Waals surface area contributed by atoms with Crippen molar-refractivity contribution in [1.29, 1.82) is 0 Å². The molecule has 0 fully saturated rings. The molecule has 5 nitrogen and oxygen atoms in total. The van der Waals surface area contributed by atoms with Crippen LogP contribution in [0.25, 0.3) is 0 Å². The number of hydrogen-bond acceptors (Lipinski definition) is 4. The topological polar surface area (TPSA) is 68.0 Å². The van der Waals surface area contributed by atoms with Gasteiger partial charge in [0.15, 0.2) is 6.33 Å². The van der Waals surface area contributed by atoms with E-state index < -0.39 is 0 Å². The molecule has 0 radical (unpaired) electrons. The summed E-state index contributed by atoms with van der Waals surface area (Å²) in [5.74, 6) is 0.488. The van der Waals surface area contributed by atoms with Crippen LogP contribution in [0.15, 0.2) is 10.9 Å². The highest BCUT2D eigenvalue weighted by Crippen LogP contribution is 1.96. The number of carbonyl (C=O) groups is 1. The SMILES string of the molecule is CC(Br)C(=O)NCCc1ncno1. The van der Waals surface area contributed by atoms with Gasteiger partial charge in [-0.2, -0.15) is 4.98 Å². The van der Waals surface area contributed by atoms with E-state index in [2.05, 4.69) is 31.4 Å². The number of amides is 1. The molecule has 1 unspecified atom stereocenters. The number of nitrogens with zero attached hydrogens (tertiary/aromatic N) is 2. The van der Waals surface area contributed by atoms with Gasteiger partial charge in [0.25, 0.3) is 0 Å². The normalized spacial score (nSPS) is 12.5. The Morgan fingerprint density at radius 1 is 1.85 bits per heavy atom. The number of hydrogen-bond donors (Lipinski definition) is 1. The molecule has 13 heavy (non-hydrogen) atoms. The molecule has 0 bridgehead atoms. The van der Waals surface area contributed by atoms with Crippen molar-refractivity contribution in [2.45, 2.75) is 18.2 Å². The third-order valence-corrected chi connectivity index (χ3v) is 1.82. The molecule has 1 aromatic rings. The van der Waals surface area contributed by atoms with Gasteiger partial charge >= 0.3 is 0 Å². The van der Waals surface area contributed by atoms with Gasteiger partial charge in [-0.3, -0.25) is 4.79 Å². The number of alkyl halides is 1. The molecule has 1 N–H and O–H groups in total. The maximum Gasteiger partial charge on any atom is 0.233 e. The summed E-state index contributed by atoms with van der Waals surface area (Å²) in [6, 6.07) is 0. The van der Waals surface area contributed by atoms with Crippen LogP contribution in [0, 0.1) is 0 Å². The van der Waals surface area contributed by atoms with Gasteiger partial charge in [0.05, 0.1) is 4.83 Å². The lowest BCUT2D eigenvalue weighted by Gasteiger charge is -2.03. The fraction of sp³-hybridized carbons (Fsp3) is 0.571. The molecule has 1 aromatic heterocycles. The van der Waals surface area contributed by atoms with Crippen molar-refractivity contribution in [1.82, 2.24) is 15.5 Å². The molecule has 1 amide bonds. The first-order valence-electron chi connectivity index (χ1n) is 3.87. The highest BCUT2D eigenvalue weighted by molar-refractivity contribution is 9.10. The van der Waals surface area contributed by atoms with E-state index in [1.807, 2.05) is 0 Å². The molecule has 0 aromatic carbocycles. The molecule has 0 aliphatic rings. The highest BCUT2D eigenvalue weighted by Gasteiger charge is 2.07. The number of halogens is 1. The van der Waals surface area contributed by atoms with Crippen molar-refractivity contribution >= 4 is 21.8 Å². The Labute approximate surface area is 84.0 Å². The summed E-state index contributed by atoms with van der Waals surface area (Å²) < 4.78 is 4.75. The van der Waals surface area contributed by atoms with Crippen molar-refractivity contribution in [2.24, 2.45) is 0 Å². The maximum atomic E-state index is 11.0. The van der Waals surface area contributed by atoms with E-state index in [9.17, 15) is 4.79 Å². The van der Waals surface area contributed by atoms with Gasteiger partial charge in [0.2, 0.25) is 11.8 Å². The summed E-state index contributed by atoms with van der Waals surface area (Å²) >= 11 is 3.16. The van der Waals surface area contributed by atoms with Crippen LogP contribution in [0.4, 0.5) is 0 Å². The Balaban J connectivity index is 2.18. The Morgan fingerprint density at radius 3 is 3.15 bits per heavy atom. The summed E-state index contributed by atoms with van der Waals surface area (Å²) in [7, 11) is 0. The Hall–Kier alpha value is -0.910. The fourth-order valence-electron chi connectivity index (χ4n) is 0.739. The average molecular weight is 248 g/mol. The minimum atomic E-state index is -0.171. The largest absolute Gasteiger partial charge is 0.355 e. The van der Waals surface area contributed by atoms with Crippen molar-refractivity contribution in [3.63, 3.8) is 0 Å². The third-order valence-electron chi connectivity index (χ3n) is 1.41. The Morgan fingerprint density at radius 2 is 2.62 bits per heavy atom. The molecule has 0 aliphatic carbocycles. The first kappa shape index (κ1) is 10.2. The van der Waals surface area contributed by atoms with Crippen LogP contribution in [0.3, 0.4) is 0 Å². The summed E-state index contributed by atoms with van der Waals surface area (Å²) in [4.78, 5) is 14.7. The second-order valence-corrected chi connectivity index (χ2v) is 3.87. The number of aromatic nitrogens is 2. The Bertz CT molecular complexity index is 261. The third kappa shape index (κ3) is 3.54. The number of nitrogens with one attached hydrogen (secondary N) is 1. The van der Waals surface area contributed by atoms with E-state index in [-0.39, 0.29) is 10.7 Å². The van der Waals surface area contributed by atoms with Crippen molar-refractivity contribution < 1.29 is 9.32 Å². The van der Waals surface area contributed by atoms with Crippen molar-refractivity contribution in [2.75, 3.05) is 6.54 Å². The standard InChI is InChI=1S/C7H10BrN3O2/c1-5(8)7(12)9-3-2-6-10-4-11-13-6/h4-5H,2-3H2,1H3,(H,9,12). The van der Waals surface area contributed by atoms with Crippen molar-refractivity contribution in [3.05, 3.63) is 12.2 Å². The number of carbonyl (C=O) groups excluding carboxylic acids is 1. The van der Waals surface area contributed by atoms with Gasteiger partial charge in [0.1, 0.15) is 0 Å². The first-order chi connectivity index (χ1) is 6.20. The summed E-state index contributed by atoms with van der Waals surface area (Å²) in [5, 5.41) is 6.15. The monoisotopic (exact) mass is 247 g/mol. The number of rotatable bonds is 4. The molecule has 6 heteroatoms. The van der Waals surface area contributed by atoms with Crippen LogP contribution in [0.1, 0.15) is 12.8 Å². The van der Waals surface area contributed by atoms with E-state index in [4.69, 9.17) is 4.52 Å². The summed E-state index contributed by atoms with van der Waals surface area (Å²) in [6.07, 6.45) is 1.90. The molecule has 1 atom stereocenters. The van der Waals surface area contributed by atoms with Crippen LogP contribution >= 0.6 is 15.9 Å². The molecule has 0 spiro atoms. The second-order valence-electron chi connectivity index (χ2n) is 2.49. The van der Waals surface area contributed by atoms with Crippen LogP contribution in [-0.2, 0) is 11.2 Å². The lowest BCUT2D eigenvalue weighted by molar-refractivity contribution is -0.120. The van der Waals surface area contributed by atoms with Gasteiger partial charge in [-0.25, -0.2) is 0 Å². The molecule has 1 heterocycles. The van der Waals surface area contributed by atoms with Crippen LogP contribution < -0.4 is 5.32 Å². The smallest absolute Gasteiger partial charge is 0.233 e. The zero-order chi connectivity index (χ0) is 9.68. The first-order valence-corrected chi connectivity index (χ1v) is 4.79. The van der Waals surface area contributed by atoms with Gasteiger partial charge < -0.3 is 9.84 Å². The molecule has 72 valence electrons. The zero-order valence-corrected chi connectivity index (χ0v) is 8.74. The van der Waals surface area contributed by atoms with Crippen molar-refractivity contribution in [3.8, 4) is 0 Å². The van der Waals surface area contributed by atoms with Gasteiger partial charge in [-0.05, 0) is 6.92 Å². The summed E-state index contributed by atoms with van der Waals surface area (Å²) in [6.45, 7) is 2.28. The van der Waals surface area contributed by atoms with E-state index in [1.165, 1.54) is 6.33 Å².